The molecule has 0 bridgehead atoms. The fourth-order valence-corrected chi connectivity index (χ4v) is 4.17. The molecule has 0 amide bonds. The Morgan fingerprint density at radius 2 is 1.97 bits per heavy atom. The van der Waals surface area contributed by atoms with Gasteiger partial charge in [-0.25, -0.2) is 19.3 Å². The summed E-state index contributed by atoms with van der Waals surface area (Å²) in [6.07, 6.45) is 10.1. The first-order valence-corrected chi connectivity index (χ1v) is 10.8. The lowest BCUT2D eigenvalue weighted by atomic mass is 10.1. The third-order valence-corrected chi connectivity index (χ3v) is 6.10. The van der Waals surface area contributed by atoms with Gasteiger partial charge in [0.2, 0.25) is 0 Å². The molecule has 0 aliphatic heterocycles. The molecule has 0 radical (unpaired) electrons. The van der Waals surface area contributed by atoms with Gasteiger partial charge < -0.3 is 10.3 Å². The molecule has 0 saturated carbocycles. The van der Waals surface area contributed by atoms with E-state index >= 15 is 0 Å². The lowest BCUT2D eigenvalue weighted by Crippen LogP contribution is -2.21. The second kappa shape index (κ2) is 7.55. The summed E-state index contributed by atoms with van der Waals surface area (Å²) in [6, 6.07) is 3.10. The predicted octanol–water partition coefficient (Wildman–Crippen LogP) is 1.25. The van der Waals surface area contributed by atoms with E-state index in [1.54, 1.807) is 59.5 Å². The molecular formula is C22H20N12O. The molecule has 6 aromatic heterocycles. The summed E-state index contributed by atoms with van der Waals surface area (Å²) in [6.45, 7) is 1.93. The van der Waals surface area contributed by atoms with Crippen molar-refractivity contribution in [3.8, 4) is 16.9 Å². The van der Waals surface area contributed by atoms with Crippen LogP contribution in [-0.2, 0) is 14.1 Å². The quantitative estimate of drug-likeness (QED) is 0.402. The van der Waals surface area contributed by atoms with Crippen molar-refractivity contribution in [1.29, 1.82) is 0 Å². The van der Waals surface area contributed by atoms with Crippen LogP contribution in [0.4, 0.5) is 5.82 Å². The first-order valence-electron chi connectivity index (χ1n) is 10.8. The fourth-order valence-electron chi connectivity index (χ4n) is 4.17. The van der Waals surface area contributed by atoms with Crippen molar-refractivity contribution in [3.63, 3.8) is 0 Å². The number of aromatic nitrogens is 11. The van der Waals surface area contributed by atoms with Gasteiger partial charge in [-0.15, -0.1) is 5.10 Å². The van der Waals surface area contributed by atoms with Crippen molar-refractivity contribution in [2.45, 2.75) is 13.0 Å². The number of hydrogen-bond acceptors (Lipinski definition) is 9. The average Bonchev–Trinajstić information content (AvgIpc) is 3.58. The molecule has 6 aromatic rings. The van der Waals surface area contributed by atoms with E-state index in [1.807, 2.05) is 14.0 Å². The van der Waals surface area contributed by atoms with Crippen LogP contribution in [0.25, 0.3) is 38.9 Å². The minimum Gasteiger partial charge on any atom is -0.383 e. The lowest BCUT2D eigenvalue weighted by molar-refractivity contribution is 0.565. The van der Waals surface area contributed by atoms with Gasteiger partial charge in [0.15, 0.2) is 5.65 Å². The molecule has 6 rings (SSSR count). The monoisotopic (exact) mass is 468 g/mol. The summed E-state index contributed by atoms with van der Waals surface area (Å²) < 4.78 is 6.43. The van der Waals surface area contributed by atoms with Crippen molar-refractivity contribution in [2.75, 3.05) is 5.73 Å². The molecule has 0 spiro atoms. The Balaban J connectivity index is 1.51. The SMILES string of the molecule is CC(c1cn(-c2cccn(C)c2=O)nn1)n1nc(-c2cncc3c2cnn3C)c2c(N)ncnc21. The molecule has 1 unspecified atom stereocenters. The Hall–Kier alpha value is -4.94. The third kappa shape index (κ3) is 3.08. The number of aryl methyl sites for hydroxylation is 2. The highest BCUT2D eigenvalue weighted by Crippen LogP contribution is 2.35. The Bertz CT molecular complexity index is 1790. The van der Waals surface area contributed by atoms with Gasteiger partial charge >= 0.3 is 0 Å². The summed E-state index contributed by atoms with van der Waals surface area (Å²) in [5.41, 5.74) is 9.88. The molecular weight excluding hydrogens is 448 g/mol. The third-order valence-electron chi connectivity index (χ3n) is 6.10. The standard InChI is InChI=1S/C22H20N12O/c1-12(15-10-33(30-28-15)16-5-4-6-31(2)22(16)35)34-21-18(20(23)25-11-26-21)19(29-34)14-7-24-9-17-13(14)8-27-32(17)3/h4-12H,1-3H3,(H2,23,25,26). The van der Waals surface area contributed by atoms with Crippen LogP contribution >= 0.6 is 0 Å². The summed E-state index contributed by atoms with van der Waals surface area (Å²) >= 11 is 0. The van der Waals surface area contributed by atoms with E-state index in [1.165, 1.54) is 15.6 Å². The first-order chi connectivity index (χ1) is 16.9. The Morgan fingerprint density at radius 3 is 2.83 bits per heavy atom. The summed E-state index contributed by atoms with van der Waals surface area (Å²) in [4.78, 5) is 25.5. The molecule has 13 nitrogen and oxygen atoms in total. The summed E-state index contributed by atoms with van der Waals surface area (Å²) in [7, 11) is 3.54. The smallest absolute Gasteiger partial charge is 0.276 e. The van der Waals surface area contributed by atoms with E-state index in [4.69, 9.17) is 10.8 Å². The van der Waals surface area contributed by atoms with E-state index < -0.39 is 0 Å². The number of hydrogen-bond donors (Lipinski definition) is 1. The predicted molar refractivity (Wildman–Crippen MR) is 128 cm³/mol. The normalized spacial score (nSPS) is 12.5. The highest BCUT2D eigenvalue weighted by atomic mass is 16.1. The van der Waals surface area contributed by atoms with Gasteiger partial charge in [0, 0.05) is 37.4 Å². The molecule has 0 aliphatic rings. The van der Waals surface area contributed by atoms with Gasteiger partial charge in [0.25, 0.3) is 5.56 Å². The van der Waals surface area contributed by atoms with Gasteiger partial charge in [-0.2, -0.15) is 10.2 Å². The van der Waals surface area contributed by atoms with Gasteiger partial charge in [0.1, 0.15) is 29.2 Å². The van der Waals surface area contributed by atoms with Gasteiger partial charge in [-0.3, -0.25) is 14.5 Å². The molecule has 2 N–H and O–H groups in total. The number of nitrogens with two attached hydrogens (primary N) is 1. The molecule has 0 saturated heterocycles. The average molecular weight is 468 g/mol. The largest absolute Gasteiger partial charge is 0.383 e. The molecule has 6 heterocycles. The van der Waals surface area contributed by atoms with E-state index in [9.17, 15) is 4.79 Å². The van der Waals surface area contributed by atoms with Gasteiger partial charge in [-0.05, 0) is 19.1 Å². The van der Waals surface area contributed by atoms with Crippen LogP contribution in [0, 0.1) is 0 Å². The number of pyridine rings is 2. The van der Waals surface area contributed by atoms with Crippen LogP contribution in [-0.4, -0.2) is 54.1 Å². The maximum atomic E-state index is 12.5. The van der Waals surface area contributed by atoms with Crippen molar-refractivity contribution in [3.05, 3.63) is 65.5 Å². The zero-order chi connectivity index (χ0) is 24.3. The maximum Gasteiger partial charge on any atom is 0.276 e. The number of nitrogens with zero attached hydrogens (tertiary/aromatic N) is 11. The molecule has 174 valence electrons. The minimum atomic E-state index is -0.372. The number of anilines is 1. The second-order valence-electron chi connectivity index (χ2n) is 8.21. The Morgan fingerprint density at radius 1 is 1.11 bits per heavy atom. The zero-order valence-corrected chi connectivity index (χ0v) is 19.1. The van der Waals surface area contributed by atoms with Crippen LogP contribution in [0.2, 0.25) is 0 Å². The molecule has 35 heavy (non-hydrogen) atoms. The lowest BCUT2D eigenvalue weighted by Gasteiger charge is -2.09. The second-order valence-corrected chi connectivity index (χ2v) is 8.21. The van der Waals surface area contributed by atoms with E-state index in [2.05, 4.69) is 30.4 Å². The molecule has 0 aromatic carbocycles. The van der Waals surface area contributed by atoms with Crippen LogP contribution < -0.4 is 11.3 Å². The molecule has 0 fully saturated rings. The minimum absolute atomic E-state index is 0.180. The van der Waals surface area contributed by atoms with Gasteiger partial charge in [-0.1, -0.05) is 5.21 Å². The van der Waals surface area contributed by atoms with Crippen LogP contribution in [0.3, 0.4) is 0 Å². The van der Waals surface area contributed by atoms with Crippen molar-refractivity contribution in [1.82, 2.24) is 54.1 Å². The van der Waals surface area contributed by atoms with E-state index in [-0.39, 0.29) is 11.6 Å². The van der Waals surface area contributed by atoms with Crippen molar-refractivity contribution >= 4 is 27.8 Å². The van der Waals surface area contributed by atoms with Crippen molar-refractivity contribution in [2.24, 2.45) is 14.1 Å². The Kier molecular flexibility index (Phi) is 4.45. The van der Waals surface area contributed by atoms with Crippen molar-refractivity contribution < 1.29 is 0 Å². The Labute approximate surface area is 197 Å². The highest BCUT2D eigenvalue weighted by molar-refractivity contribution is 6.04. The van der Waals surface area contributed by atoms with E-state index in [0.29, 0.717) is 33.9 Å². The summed E-state index contributed by atoms with van der Waals surface area (Å²) in [5, 5.41) is 19.2. The van der Waals surface area contributed by atoms with Crippen LogP contribution in [0.5, 0.6) is 0 Å². The van der Waals surface area contributed by atoms with Gasteiger partial charge in [0.05, 0.1) is 35.5 Å². The fraction of sp³-hybridized carbons (Fsp3) is 0.182. The topological polar surface area (TPSA) is 153 Å². The zero-order valence-electron chi connectivity index (χ0n) is 19.1. The van der Waals surface area contributed by atoms with E-state index in [0.717, 1.165) is 16.5 Å². The molecule has 1 atom stereocenters. The van der Waals surface area contributed by atoms with Crippen LogP contribution in [0.15, 0.2) is 54.2 Å². The molecule has 0 aliphatic carbocycles. The number of nitrogen functional groups attached to an aromatic ring is 1. The number of fused-ring (bicyclic) bond motifs is 2. The summed E-state index contributed by atoms with van der Waals surface area (Å²) in [5.74, 6) is 0.306. The highest BCUT2D eigenvalue weighted by Gasteiger charge is 2.24. The molecule has 13 heteroatoms. The number of rotatable bonds is 4. The maximum absolute atomic E-state index is 12.5. The van der Waals surface area contributed by atoms with Crippen LogP contribution in [0.1, 0.15) is 18.7 Å². The first kappa shape index (κ1) is 20.7.